The second kappa shape index (κ2) is 4.93. The summed E-state index contributed by atoms with van der Waals surface area (Å²) in [6.45, 7) is 5.52. The predicted octanol–water partition coefficient (Wildman–Crippen LogP) is 4.55. The van der Waals surface area contributed by atoms with E-state index in [1.165, 1.54) is 35.9 Å². The van der Waals surface area contributed by atoms with Crippen LogP contribution in [0.5, 0.6) is 0 Å². The summed E-state index contributed by atoms with van der Waals surface area (Å²) >= 11 is 3.77. The molecule has 1 aromatic carbocycles. The van der Waals surface area contributed by atoms with Crippen molar-refractivity contribution in [2.24, 2.45) is 5.41 Å². The summed E-state index contributed by atoms with van der Waals surface area (Å²) < 4.78 is 2.13. The molecule has 1 aliphatic carbocycles. The molecule has 0 bridgehead atoms. The number of hydrogen-bond donors (Lipinski definition) is 0. The van der Waals surface area contributed by atoms with Crippen molar-refractivity contribution in [2.75, 3.05) is 0 Å². The number of aryl methyl sites for hydroxylation is 1. The van der Waals surface area contributed by atoms with E-state index in [0.29, 0.717) is 10.2 Å². The highest BCUT2D eigenvalue weighted by atomic mass is 79.9. The highest BCUT2D eigenvalue weighted by Gasteiger charge is 2.35. The van der Waals surface area contributed by atoms with Gasteiger partial charge in [0.25, 0.3) is 0 Å². The van der Waals surface area contributed by atoms with Gasteiger partial charge in [-0.25, -0.2) is 0 Å². The van der Waals surface area contributed by atoms with Crippen LogP contribution in [0.25, 0.3) is 10.9 Å². The Kier molecular flexibility index (Phi) is 3.42. The monoisotopic (exact) mass is 320 g/mol. The summed E-state index contributed by atoms with van der Waals surface area (Å²) in [4.78, 5) is 0.692. The highest BCUT2D eigenvalue weighted by molar-refractivity contribution is 9.09. The summed E-state index contributed by atoms with van der Waals surface area (Å²) in [6, 6.07) is 8.62. The SMILES string of the molecule is CCn1nc(CC2(C)CCC(Br)C2)c2ccccc21. The molecule has 2 atom stereocenters. The lowest BCUT2D eigenvalue weighted by Crippen LogP contribution is -2.16. The topological polar surface area (TPSA) is 17.8 Å². The molecule has 0 amide bonds. The third kappa shape index (κ3) is 2.45. The molecule has 0 saturated heterocycles. The number of rotatable bonds is 3. The van der Waals surface area contributed by atoms with Crippen LogP contribution in [0.15, 0.2) is 24.3 Å². The van der Waals surface area contributed by atoms with Gasteiger partial charge in [-0.3, -0.25) is 4.68 Å². The van der Waals surface area contributed by atoms with Gasteiger partial charge < -0.3 is 0 Å². The van der Waals surface area contributed by atoms with E-state index in [9.17, 15) is 0 Å². The number of hydrogen-bond acceptors (Lipinski definition) is 1. The van der Waals surface area contributed by atoms with Crippen LogP contribution in [0.3, 0.4) is 0 Å². The summed E-state index contributed by atoms with van der Waals surface area (Å²) in [7, 11) is 0. The van der Waals surface area contributed by atoms with Gasteiger partial charge in [-0.05, 0) is 44.1 Å². The highest BCUT2D eigenvalue weighted by Crippen LogP contribution is 2.44. The van der Waals surface area contributed by atoms with Crippen molar-refractivity contribution < 1.29 is 0 Å². The van der Waals surface area contributed by atoms with E-state index in [2.05, 4.69) is 58.7 Å². The van der Waals surface area contributed by atoms with Gasteiger partial charge in [-0.15, -0.1) is 0 Å². The maximum atomic E-state index is 4.84. The molecule has 0 N–H and O–H groups in total. The van der Waals surface area contributed by atoms with Crippen molar-refractivity contribution in [3.05, 3.63) is 30.0 Å². The van der Waals surface area contributed by atoms with Gasteiger partial charge in [-0.2, -0.15) is 5.10 Å². The Bertz CT molecular complexity index is 589. The third-order valence-corrected chi connectivity index (χ3v) is 5.19. The van der Waals surface area contributed by atoms with Crippen molar-refractivity contribution in [1.82, 2.24) is 9.78 Å². The van der Waals surface area contributed by atoms with E-state index in [0.717, 1.165) is 13.0 Å². The molecule has 0 radical (unpaired) electrons. The number of nitrogens with zero attached hydrogens (tertiary/aromatic N) is 2. The Balaban J connectivity index is 1.97. The van der Waals surface area contributed by atoms with Gasteiger partial charge in [0, 0.05) is 16.8 Å². The fraction of sp³-hybridized carbons (Fsp3) is 0.562. The van der Waals surface area contributed by atoms with Crippen molar-refractivity contribution in [2.45, 2.75) is 50.9 Å². The van der Waals surface area contributed by atoms with Crippen molar-refractivity contribution in [3.63, 3.8) is 0 Å². The van der Waals surface area contributed by atoms with Crippen LogP contribution in [-0.4, -0.2) is 14.6 Å². The number of halogens is 1. The second-order valence-electron chi connectivity index (χ2n) is 6.11. The van der Waals surface area contributed by atoms with Gasteiger partial charge in [0.15, 0.2) is 0 Å². The summed E-state index contributed by atoms with van der Waals surface area (Å²) in [5.74, 6) is 0. The first-order valence-electron chi connectivity index (χ1n) is 7.20. The maximum Gasteiger partial charge on any atom is 0.0708 e. The van der Waals surface area contributed by atoms with Crippen molar-refractivity contribution >= 4 is 26.8 Å². The van der Waals surface area contributed by atoms with Crippen LogP contribution in [-0.2, 0) is 13.0 Å². The third-order valence-electron chi connectivity index (χ3n) is 4.40. The first kappa shape index (κ1) is 13.2. The zero-order chi connectivity index (χ0) is 13.5. The van der Waals surface area contributed by atoms with Crippen molar-refractivity contribution in [1.29, 1.82) is 0 Å². The molecule has 3 rings (SSSR count). The van der Waals surface area contributed by atoms with Crippen LogP contribution < -0.4 is 0 Å². The molecule has 1 heterocycles. The molecule has 2 unspecified atom stereocenters. The first-order valence-corrected chi connectivity index (χ1v) is 8.11. The molecule has 0 aliphatic heterocycles. The zero-order valence-corrected chi connectivity index (χ0v) is 13.3. The normalized spacial score (nSPS) is 27.2. The zero-order valence-electron chi connectivity index (χ0n) is 11.7. The Morgan fingerprint density at radius 3 is 2.89 bits per heavy atom. The Labute approximate surface area is 123 Å². The summed E-state index contributed by atoms with van der Waals surface area (Å²) in [5.41, 5.74) is 2.96. The van der Waals surface area contributed by atoms with E-state index in [-0.39, 0.29) is 0 Å². The number of fused-ring (bicyclic) bond motifs is 1. The molecular formula is C16H21BrN2. The fourth-order valence-corrected chi connectivity index (χ4v) is 4.39. The molecule has 1 fully saturated rings. The van der Waals surface area contributed by atoms with Gasteiger partial charge >= 0.3 is 0 Å². The van der Waals surface area contributed by atoms with Gasteiger partial charge in [0.1, 0.15) is 0 Å². The molecule has 2 aromatic rings. The molecule has 2 nitrogen and oxygen atoms in total. The average Bonchev–Trinajstić information content (AvgIpc) is 2.91. The second-order valence-corrected chi connectivity index (χ2v) is 7.40. The van der Waals surface area contributed by atoms with E-state index in [1.807, 2.05) is 0 Å². The molecule has 3 heteroatoms. The standard InChI is InChI=1S/C16H21BrN2/c1-3-19-15-7-5-4-6-13(15)14(18-19)11-16(2)9-8-12(17)10-16/h4-7,12H,3,8-11H2,1-2H3. The molecule has 1 aromatic heterocycles. The number of aromatic nitrogens is 2. The molecule has 102 valence electrons. The minimum absolute atomic E-state index is 0.407. The van der Waals surface area contributed by atoms with Crippen LogP contribution in [0.1, 0.15) is 38.8 Å². The Morgan fingerprint density at radius 1 is 1.42 bits per heavy atom. The molecular weight excluding hydrogens is 300 g/mol. The van der Waals surface area contributed by atoms with E-state index in [1.54, 1.807) is 0 Å². The van der Waals surface area contributed by atoms with Crippen LogP contribution >= 0.6 is 15.9 Å². The summed E-state index contributed by atoms with van der Waals surface area (Å²) in [5, 5.41) is 6.18. The minimum Gasteiger partial charge on any atom is -0.265 e. The minimum atomic E-state index is 0.407. The Hall–Kier alpha value is -0.830. The lowest BCUT2D eigenvalue weighted by Gasteiger charge is -2.22. The molecule has 0 spiro atoms. The maximum absolute atomic E-state index is 4.84. The number of para-hydroxylation sites is 1. The van der Waals surface area contributed by atoms with Crippen molar-refractivity contribution in [3.8, 4) is 0 Å². The van der Waals surface area contributed by atoms with E-state index >= 15 is 0 Å². The number of alkyl halides is 1. The number of benzene rings is 1. The molecule has 19 heavy (non-hydrogen) atoms. The van der Waals surface area contributed by atoms with Crippen LogP contribution in [0.2, 0.25) is 0 Å². The van der Waals surface area contributed by atoms with E-state index in [4.69, 9.17) is 5.10 Å². The predicted molar refractivity (Wildman–Crippen MR) is 83.8 cm³/mol. The molecule has 1 aliphatic rings. The largest absolute Gasteiger partial charge is 0.265 e. The Morgan fingerprint density at radius 2 is 2.21 bits per heavy atom. The summed E-state index contributed by atoms with van der Waals surface area (Å²) in [6.07, 6.45) is 4.96. The lowest BCUT2D eigenvalue weighted by atomic mass is 9.83. The van der Waals surface area contributed by atoms with E-state index < -0.39 is 0 Å². The van der Waals surface area contributed by atoms with Gasteiger partial charge in [-0.1, -0.05) is 41.1 Å². The van der Waals surface area contributed by atoms with Gasteiger partial charge in [0.2, 0.25) is 0 Å². The fourth-order valence-electron chi connectivity index (χ4n) is 3.38. The first-order chi connectivity index (χ1) is 9.11. The lowest BCUT2D eigenvalue weighted by molar-refractivity contribution is 0.332. The quantitative estimate of drug-likeness (QED) is 0.758. The van der Waals surface area contributed by atoms with Crippen LogP contribution in [0.4, 0.5) is 0 Å². The smallest absolute Gasteiger partial charge is 0.0708 e. The van der Waals surface area contributed by atoms with Crippen LogP contribution in [0, 0.1) is 5.41 Å². The van der Waals surface area contributed by atoms with Gasteiger partial charge in [0.05, 0.1) is 11.2 Å². The molecule has 1 saturated carbocycles. The average molecular weight is 321 g/mol.